The molecule has 0 saturated carbocycles. The quantitative estimate of drug-likeness (QED) is 0.668. The highest BCUT2D eigenvalue weighted by atomic mass is 32.1. The summed E-state index contributed by atoms with van der Waals surface area (Å²) in [6.45, 7) is 6.85. The number of aromatic nitrogens is 5. The molecule has 3 aromatic heterocycles. The average molecular weight is 386 g/mol. The Labute approximate surface area is 161 Å². The van der Waals surface area contributed by atoms with Crippen LogP contribution in [0, 0.1) is 0 Å². The van der Waals surface area contributed by atoms with E-state index in [1.807, 2.05) is 10.8 Å². The van der Waals surface area contributed by atoms with E-state index in [0.717, 1.165) is 15.6 Å². The molecule has 0 radical (unpaired) electrons. The Balaban J connectivity index is 1.82. The molecular weight excluding hydrogens is 364 g/mol. The van der Waals surface area contributed by atoms with Gasteiger partial charge in [-0.1, -0.05) is 38.2 Å². The molecule has 0 amide bonds. The first-order valence-corrected chi connectivity index (χ1v) is 9.32. The Hall–Kier alpha value is -2.81. The first-order valence-electron chi connectivity index (χ1n) is 8.50. The molecule has 0 spiro atoms. The number of nitrogens with zero attached hydrogens (tertiary/aromatic N) is 5. The van der Waals surface area contributed by atoms with Gasteiger partial charge < -0.3 is 15.4 Å². The Bertz CT molecular complexity index is 926. The van der Waals surface area contributed by atoms with E-state index in [0.29, 0.717) is 18.1 Å². The molecule has 3 N–H and O–H groups in total. The third-order valence-electron chi connectivity index (χ3n) is 4.03. The molecule has 0 bridgehead atoms. The van der Waals surface area contributed by atoms with E-state index >= 15 is 0 Å². The molecule has 3 rings (SSSR count). The first-order chi connectivity index (χ1) is 12.7. The van der Waals surface area contributed by atoms with E-state index in [1.54, 1.807) is 36.0 Å². The van der Waals surface area contributed by atoms with Crippen LogP contribution in [0.4, 0.5) is 5.82 Å². The summed E-state index contributed by atoms with van der Waals surface area (Å²) < 4.78 is 1.89. The van der Waals surface area contributed by atoms with Gasteiger partial charge in [0.15, 0.2) is 0 Å². The highest BCUT2D eigenvalue weighted by molar-refractivity contribution is 7.11. The lowest BCUT2D eigenvalue weighted by Gasteiger charge is -2.12. The summed E-state index contributed by atoms with van der Waals surface area (Å²) in [6, 6.07) is 3.45. The van der Waals surface area contributed by atoms with Crippen LogP contribution in [-0.2, 0) is 16.8 Å². The zero-order valence-electron chi connectivity index (χ0n) is 15.5. The molecule has 0 aliphatic rings. The highest BCUT2D eigenvalue weighted by Gasteiger charge is 2.22. The molecule has 0 aliphatic heterocycles. The number of aliphatic carboxylic acids is 1. The van der Waals surface area contributed by atoms with Gasteiger partial charge in [0.25, 0.3) is 0 Å². The van der Waals surface area contributed by atoms with Gasteiger partial charge in [0.05, 0.1) is 25.0 Å². The average Bonchev–Trinajstić information content (AvgIpc) is 3.23. The van der Waals surface area contributed by atoms with Crippen LogP contribution in [0.25, 0.3) is 0 Å². The van der Waals surface area contributed by atoms with Crippen LogP contribution >= 0.6 is 11.3 Å². The van der Waals surface area contributed by atoms with Crippen molar-refractivity contribution in [2.24, 2.45) is 0 Å². The van der Waals surface area contributed by atoms with Crippen molar-refractivity contribution in [1.82, 2.24) is 24.7 Å². The molecule has 3 aromatic rings. The Kier molecular flexibility index (Phi) is 5.22. The Morgan fingerprint density at radius 2 is 2.07 bits per heavy atom. The SMILES string of the molecule is CC(C)(C)c1nnc(Cn2cnc(C(CC(=O)O)c3ccc(N)nc3)c2)s1. The van der Waals surface area contributed by atoms with E-state index in [4.69, 9.17) is 5.73 Å². The van der Waals surface area contributed by atoms with Crippen molar-refractivity contribution in [2.45, 2.75) is 45.1 Å². The molecule has 8 nitrogen and oxygen atoms in total. The van der Waals surface area contributed by atoms with Gasteiger partial charge in [-0.25, -0.2) is 9.97 Å². The molecule has 27 heavy (non-hydrogen) atoms. The fourth-order valence-corrected chi connectivity index (χ4v) is 3.52. The number of nitrogen functional groups attached to an aromatic ring is 1. The number of carboxylic acid groups (broad SMARTS) is 1. The molecule has 1 unspecified atom stereocenters. The van der Waals surface area contributed by atoms with Gasteiger partial charge in [-0.05, 0) is 11.6 Å². The van der Waals surface area contributed by atoms with E-state index < -0.39 is 11.9 Å². The van der Waals surface area contributed by atoms with Gasteiger partial charge in [-0.15, -0.1) is 10.2 Å². The highest BCUT2D eigenvalue weighted by Crippen LogP contribution is 2.28. The van der Waals surface area contributed by atoms with Gasteiger partial charge in [0.1, 0.15) is 15.8 Å². The van der Waals surface area contributed by atoms with Gasteiger partial charge in [-0.2, -0.15) is 0 Å². The van der Waals surface area contributed by atoms with Crippen LogP contribution in [0.2, 0.25) is 0 Å². The lowest BCUT2D eigenvalue weighted by Crippen LogP contribution is -2.10. The number of hydrogen-bond donors (Lipinski definition) is 2. The molecule has 9 heteroatoms. The van der Waals surface area contributed by atoms with Gasteiger partial charge in [0, 0.05) is 23.7 Å². The lowest BCUT2D eigenvalue weighted by molar-refractivity contribution is -0.137. The number of nitrogens with two attached hydrogens (primary N) is 1. The zero-order valence-corrected chi connectivity index (χ0v) is 16.3. The van der Waals surface area contributed by atoms with Crippen molar-refractivity contribution in [3.05, 3.63) is 52.1 Å². The van der Waals surface area contributed by atoms with Crippen molar-refractivity contribution in [3.63, 3.8) is 0 Å². The number of rotatable bonds is 6. The van der Waals surface area contributed by atoms with E-state index in [-0.39, 0.29) is 11.8 Å². The summed E-state index contributed by atoms with van der Waals surface area (Å²) in [7, 11) is 0. The normalized spacial score (nSPS) is 12.9. The standard InChI is InChI=1S/C18H22N6O2S/c1-18(2,3)17-23-22-15(27-17)9-24-8-13(21-10-24)12(6-16(25)26)11-4-5-14(19)20-7-11/h4-5,7-8,10,12H,6,9H2,1-3H3,(H2,19,20)(H,25,26). The van der Waals surface area contributed by atoms with Crippen LogP contribution in [0.5, 0.6) is 0 Å². The van der Waals surface area contributed by atoms with Crippen LogP contribution in [0.1, 0.15) is 54.4 Å². The van der Waals surface area contributed by atoms with Crippen molar-refractivity contribution in [3.8, 4) is 0 Å². The largest absolute Gasteiger partial charge is 0.481 e. The number of carbonyl (C=O) groups is 1. The molecule has 0 saturated heterocycles. The summed E-state index contributed by atoms with van der Waals surface area (Å²) in [5.74, 6) is -0.897. The maximum atomic E-state index is 11.3. The monoisotopic (exact) mass is 386 g/mol. The molecular formula is C18H22N6O2S. The van der Waals surface area contributed by atoms with Crippen LogP contribution < -0.4 is 5.73 Å². The third kappa shape index (κ3) is 4.68. The van der Waals surface area contributed by atoms with Crippen LogP contribution in [0.15, 0.2) is 30.9 Å². The van der Waals surface area contributed by atoms with E-state index in [9.17, 15) is 9.90 Å². The van der Waals surface area contributed by atoms with Gasteiger partial charge in [0.2, 0.25) is 0 Å². The summed E-state index contributed by atoms with van der Waals surface area (Å²) >= 11 is 1.57. The number of imidazole rings is 1. The second-order valence-corrected chi connectivity index (χ2v) is 8.45. The number of anilines is 1. The van der Waals surface area contributed by atoms with Crippen molar-refractivity contribution in [1.29, 1.82) is 0 Å². The Morgan fingerprint density at radius 3 is 2.67 bits per heavy atom. The third-order valence-corrected chi connectivity index (χ3v) is 5.36. The zero-order chi connectivity index (χ0) is 19.6. The first kappa shape index (κ1) is 19.0. The summed E-state index contributed by atoms with van der Waals surface area (Å²) in [5.41, 5.74) is 7.03. The Morgan fingerprint density at radius 1 is 1.30 bits per heavy atom. The lowest BCUT2D eigenvalue weighted by atomic mass is 9.94. The number of carboxylic acids is 1. The van der Waals surface area contributed by atoms with Crippen LogP contribution in [0.3, 0.4) is 0 Å². The minimum absolute atomic E-state index is 0.0370. The predicted molar refractivity (Wildman–Crippen MR) is 103 cm³/mol. The molecule has 1 atom stereocenters. The molecule has 0 aliphatic carbocycles. The summed E-state index contributed by atoms with van der Waals surface area (Å²) in [6.07, 6.45) is 5.06. The van der Waals surface area contributed by atoms with Crippen molar-refractivity contribution >= 4 is 23.1 Å². The van der Waals surface area contributed by atoms with E-state index in [2.05, 4.69) is 40.9 Å². The molecule has 0 fully saturated rings. The second-order valence-electron chi connectivity index (χ2n) is 7.39. The minimum atomic E-state index is -0.898. The molecule has 3 heterocycles. The fourth-order valence-electron chi connectivity index (χ4n) is 2.61. The van der Waals surface area contributed by atoms with E-state index in [1.165, 1.54) is 0 Å². The number of pyridine rings is 1. The maximum Gasteiger partial charge on any atom is 0.304 e. The summed E-state index contributed by atoms with van der Waals surface area (Å²) in [4.78, 5) is 19.8. The predicted octanol–water partition coefficient (Wildman–Crippen LogP) is 2.66. The smallest absolute Gasteiger partial charge is 0.304 e. The summed E-state index contributed by atoms with van der Waals surface area (Å²) in [5, 5.41) is 19.7. The maximum absolute atomic E-state index is 11.3. The fraction of sp³-hybridized carbons (Fsp3) is 0.389. The topological polar surface area (TPSA) is 120 Å². The second kappa shape index (κ2) is 7.43. The molecule has 0 aromatic carbocycles. The van der Waals surface area contributed by atoms with Gasteiger partial charge in [-0.3, -0.25) is 4.79 Å². The van der Waals surface area contributed by atoms with Gasteiger partial charge >= 0.3 is 5.97 Å². The van der Waals surface area contributed by atoms with Crippen molar-refractivity contribution < 1.29 is 9.90 Å². The minimum Gasteiger partial charge on any atom is -0.481 e. The number of hydrogen-bond acceptors (Lipinski definition) is 7. The van der Waals surface area contributed by atoms with Crippen LogP contribution in [-0.4, -0.2) is 35.8 Å². The molecule has 142 valence electrons. The van der Waals surface area contributed by atoms with Crippen molar-refractivity contribution in [2.75, 3.05) is 5.73 Å².